The minimum absolute atomic E-state index is 0.275. The maximum atomic E-state index is 12.6. The summed E-state index contributed by atoms with van der Waals surface area (Å²) in [5.41, 5.74) is 1.24. The number of pyridine rings is 1. The molecule has 1 amide bonds. The molecule has 2 saturated heterocycles. The Labute approximate surface area is 165 Å². The highest BCUT2D eigenvalue weighted by atomic mass is 35.5. The van der Waals surface area contributed by atoms with Crippen molar-refractivity contribution in [3.63, 3.8) is 0 Å². The van der Waals surface area contributed by atoms with Crippen LogP contribution in [0.5, 0.6) is 5.75 Å². The SMILES string of the molecule is O=C1C(c2cc(Cl)c(OCc3ccc(Cl)cc3)cn2)[N+](=O)N2CCCCN12. The van der Waals surface area contributed by atoms with E-state index in [2.05, 4.69) is 4.98 Å². The van der Waals surface area contributed by atoms with Crippen LogP contribution in [0.15, 0.2) is 36.5 Å². The molecule has 7 nitrogen and oxygen atoms in total. The second-order valence-corrected chi connectivity index (χ2v) is 7.27. The second-order valence-electron chi connectivity index (χ2n) is 6.42. The number of aromatic nitrogens is 1. The molecule has 1 unspecified atom stereocenters. The van der Waals surface area contributed by atoms with Gasteiger partial charge in [-0.25, -0.2) is 4.98 Å². The van der Waals surface area contributed by atoms with Crippen LogP contribution in [0.25, 0.3) is 0 Å². The normalized spacial score (nSPS) is 19.4. The number of hydrogen-bond donors (Lipinski definition) is 0. The first-order valence-electron chi connectivity index (χ1n) is 8.62. The Balaban J connectivity index is 1.50. The molecular formula is C18H17Cl2N4O3+. The number of ether oxygens (including phenoxy) is 1. The van der Waals surface area contributed by atoms with E-state index < -0.39 is 6.04 Å². The number of nitrogens with zero attached hydrogens (tertiary/aromatic N) is 4. The number of benzene rings is 1. The number of nitroso groups, excluding NO2 is 1. The van der Waals surface area contributed by atoms with Crippen LogP contribution < -0.4 is 4.74 Å². The van der Waals surface area contributed by atoms with Crippen LogP contribution in [0.4, 0.5) is 0 Å². The molecule has 27 heavy (non-hydrogen) atoms. The van der Waals surface area contributed by atoms with Gasteiger partial charge < -0.3 is 4.74 Å². The van der Waals surface area contributed by atoms with Crippen molar-refractivity contribution in [2.75, 3.05) is 13.1 Å². The number of halogens is 2. The van der Waals surface area contributed by atoms with Gasteiger partial charge in [-0.3, -0.25) is 4.79 Å². The Bertz CT molecular complexity index is 867. The minimum Gasteiger partial charge on any atom is -0.486 e. The highest BCUT2D eigenvalue weighted by molar-refractivity contribution is 6.32. The summed E-state index contributed by atoms with van der Waals surface area (Å²) in [6.07, 6.45) is 3.21. The van der Waals surface area contributed by atoms with Crippen molar-refractivity contribution in [2.45, 2.75) is 25.5 Å². The molecule has 0 spiro atoms. The van der Waals surface area contributed by atoms with E-state index >= 15 is 0 Å². The Morgan fingerprint density at radius 2 is 1.93 bits per heavy atom. The van der Waals surface area contributed by atoms with E-state index in [0.717, 1.165) is 18.4 Å². The van der Waals surface area contributed by atoms with Crippen molar-refractivity contribution in [3.8, 4) is 5.75 Å². The van der Waals surface area contributed by atoms with Crippen LogP contribution >= 0.6 is 23.2 Å². The smallest absolute Gasteiger partial charge is 0.356 e. The van der Waals surface area contributed by atoms with Gasteiger partial charge in [0, 0.05) is 11.6 Å². The fourth-order valence-corrected chi connectivity index (χ4v) is 3.56. The average Bonchev–Trinajstić information content (AvgIpc) is 2.93. The second kappa shape index (κ2) is 7.32. The monoisotopic (exact) mass is 407 g/mol. The quantitative estimate of drug-likeness (QED) is 0.724. The van der Waals surface area contributed by atoms with Gasteiger partial charge in [0.2, 0.25) is 0 Å². The zero-order valence-electron chi connectivity index (χ0n) is 14.3. The lowest BCUT2D eigenvalue weighted by atomic mass is 10.1. The summed E-state index contributed by atoms with van der Waals surface area (Å²) in [7, 11) is 0. The Kier molecular flexibility index (Phi) is 4.88. The summed E-state index contributed by atoms with van der Waals surface area (Å²) in [6, 6.07) is 7.78. The zero-order valence-corrected chi connectivity index (χ0v) is 15.9. The van der Waals surface area contributed by atoms with Crippen molar-refractivity contribution >= 4 is 29.1 Å². The number of amides is 1. The molecule has 4 rings (SSSR count). The zero-order chi connectivity index (χ0) is 19.0. The van der Waals surface area contributed by atoms with Crippen molar-refractivity contribution in [1.82, 2.24) is 15.1 Å². The molecule has 140 valence electrons. The van der Waals surface area contributed by atoms with Gasteiger partial charge >= 0.3 is 11.9 Å². The van der Waals surface area contributed by atoms with Crippen LogP contribution in [0, 0.1) is 4.91 Å². The third-order valence-electron chi connectivity index (χ3n) is 4.62. The molecule has 9 heteroatoms. The highest BCUT2D eigenvalue weighted by Crippen LogP contribution is 2.33. The highest BCUT2D eigenvalue weighted by Gasteiger charge is 2.56. The predicted octanol–water partition coefficient (Wildman–Crippen LogP) is 3.56. The Hall–Kier alpha value is -2.38. The Morgan fingerprint density at radius 1 is 1.19 bits per heavy atom. The lowest BCUT2D eigenvalue weighted by molar-refractivity contribution is -0.741. The maximum absolute atomic E-state index is 12.6. The molecular weight excluding hydrogens is 391 g/mol. The van der Waals surface area contributed by atoms with Gasteiger partial charge in [0.25, 0.3) is 0 Å². The van der Waals surface area contributed by atoms with E-state index in [1.165, 1.54) is 22.4 Å². The van der Waals surface area contributed by atoms with E-state index in [1.807, 2.05) is 12.1 Å². The summed E-state index contributed by atoms with van der Waals surface area (Å²) in [4.78, 5) is 30.1. The van der Waals surface area contributed by atoms with Gasteiger partial charge in [0.15, 0.2) is 10.6 Å². The number of rotatable bonds is 4. The summed E-state index contributed by atoms with van der Waals surface area (Å²) in [5.74, 6) is 0.111. The molecule has 0 aliphatic carbocycles. The third-order valence-corrected chi connectivity index (χ3v) is 5.17. The summed E-state index contributed by atoms with van der Waals surface area (Å²) in [5, 5.41) is 3.88. The molecule has 0 radical (unpaired) electrons. The first kappa shape index (κ1) is 18.0. The summed E-state index contributed by atoms with van der Waals surface area (Å²) < 4.78 is 5.69. The molecule has 0 bridgehead atoms. The van der Waals surface area contributed by atoms with Crippen LogP contribution in [0.3, 0.4) is 0 Å². The first-order valence-corrected chi connectivity index (χ1v) is 9.38. The van der Waals surface area contributed by atoms with E-state index in [4.69, 9.17) is 27.9 Å². The lowest BCUT2D eigenvalue weighted by Crippen LogP contribution is -2.45. The van der Waals surface area contributed by atoms with Gasteiger partial charge in [-0.05, 0) is 41.7 Å². The molecule has 2 aromatic rings. The number of hydrazine groups is 2. The van der Waals surface area contributed by atoms with Gasteiger partial charge in [-0.15, -0.1) is 0 Å². The van der Waals surface area contributed by atoms with Gasteiger partial charge in [-0.1, -0.05) is 35.3 Å². The molecule has 2 aliphatic heterocycles. The predicted molar refractivity (Wildman–Crippen MR) is 99.1 cm³/mol. The Morgan fingerprint density at radius 3 is 2.63 bits per heavy atom. The lowest BCUT2D eigenvalue weighted by Gasteiger charge is -2.24. The summed E-state index contributed by atoms with van der Waals surface area (Å²) >= 11 is 12.2. The van der Waals surface area contributed by atoms with Gasteiger partial charge in [0.05, 0.1) is 16.1 Å². The molecule has 2 fully saturated rings. The topological polar surface area (TPSA) is 65.8 Å². The minimum atomic E-state index is -1.01. The van der Waals surface area contributed by atoms with Crippen LogP contribution in [0.2, 0.25) is 10.0 Å². The molecule has 0 N–H and O–H groups in total. The van der Waals surface area contributed by atoms with Crippen LogP contribution in [-0.4, -0.2) is 39.0 Å². The van der Waals surface area contributed by atoms with E-state index in [0.29, 0.717) is 46.1 Å². The standard InChI is InChI=1S/C18H17Cl2N4O3/c19-13-5-3-12(4-6-13)11-27-16-10-21-15(9-14(16)20)17-18(25)22-7-1-2-8-23(22)24(17)26/h3-6,9-10,17H,1-2,7-8,11H2/q+1. The molecule has 1 aromatic heterocycles. The number of carbonyl (C=O) groups excluding carboxylic acids is 1. The molecule has 1 aromatic carbocycles. The fraction of sp³-hybridized carbons (Fsp3) is 0.333. The molecule has 1 atom stereocenters. The number of carbonyl (C=O) groups is 1. The first-order chi connectivity index (χ1) is 13.0. The maximum Gasteiger partial charge on any atom is 0.356 e. The third kappa shape index (κ3) is 3.44. The van der Waals surface area contributed by atoms with Crippen molar-refractivity contribution < 1.29 is 14.4 Å². The molecule has 0 saturated carbocycles. The van der Waals surface area contributed by atoms with Crippen molar-refractivity contribution in [2.24, 2.45) is 0 Å². The molecule has 3 heterocycles. The van der Waals surface area contributed by atoms with Gasteiger partial charge in [-0.2, -0.15) is 5.01 Å². The number of fused-ring (bicyclic) bond motifs is 1. The van der Waals surface area contributed by atoms with Crippen LogP contribution in [0.1, 0.15) is 30.1 Å². The summed E-state index contributed by atoms with van der Waals surface area (Å²) in [6.45, 7) is 1.38. The van der Waals surface area contributed by atoms with Crippen molar-refractivity contribution in [3.05, 3.63) is 62.7 Å². The number of hydrogen-bond acceptors (Lipinski definition) is 4. The van der Waals surface area contributed by atoms with E-state index in [-0.39, 0.29) is 5.91 Å². The van der Waals surface area contributed by atoms with Gasteiger partial charge in [0.1, 0.15) is 18.8 Å². The largest absolute Gasteiger partial charge is 0.486 e. The fourth-order valence-electron chi connectivity index (χ4n) is 3.22. The molecule has 2 aliphatic rings. The van der Waals surface area contributed by atoms with Crippen molar-refractivity contribution in [1.29, 1.82) is 0 Å². The van der Waals surface area contributed by atoms with E-state index in [9.17, 15) is 9.70 Å². The average molecular weight is 408 g/mol. The van der Waals surface area contributed by atoms with Crippen LogP contribution in [-0.2, 0) is 11.4 Å². The van der Waals surface area contributed by atoms with E-state index in [1.54, 1.807) is 12.1 Å².